The number of carbonyl (C=O) groups excluding carboxylic acids is 1. The molecule has 9 nitrogen and oxygen atoms in total. The molecular weight excluding hydrogens is 535 g/mol. The Hall–Kier alpha value is -3.67. The molecule has 0 atom stereocenters. The van der Waals surface area contributed by atoms with Crippen molar-refractivity contribution < 1.29 is 22.7 Å². The molecule has 1 saturated carbocycles. The first-order valence-electron chi connectivity index (χ1n) is 14.1. The minimum Gasteiger partial charge on any atom is -0.382 e. The monoisotopic (exact) mass is 571 g/mol. The quantitative estimate of drug-likeness (QED) is 0.391. The second-order valence-electron chi connectivity index (χ2n) is 10.9. The highest BCUT2D eigenvalue weighted by molar-refractivity contribution is 5.77. The Morgan fingerprint density at radius 2 is 1.59 bits per heavy atom. The van der Waals surface area contributed by atoms with Crippen molar-refractivity contribution in [3.63, 3.8) is 0 Å². The van der Waals surface area contributed by atoms with Crippen LogP contribution >= 0.6 is 0 Å². The van der Waals surface area contributed by atoms with Crippen LogP contribution in [0.25, 0.3) is 11.4 Å². The highest BCUT2D eigenvalue weighted by Crippen LogP contribution is 2.34. The number of nitrogens with one attached hydrogen (secondary N) is 2. The lowest BCUT2D eigenvalue weighted by Crippen LogP contribution is -2.44. The van der Waals surface area contributed by atoms with Gasteiger partial charge in [-0.25, -0.2) is 0 Å². The molecule has 2 N–H and O–H groups in total. The van der Waals surface area contributed by atoms with Crippen LogP contribution in [-0.4, -0.2) is 68.9 Å². The molecule has 2 aromatic carbocycles. The molecule has 2 fully saturated rings. The first-order valence-corrected chi connectivity index (χ1v) is 14.1. The van der Waals surface area contributed by atoms with Gasteiger partial charge in [0.05, 0.1) is 18.7 Å². The fraction of sp³-hybridized carbons (Fsp3) is 0.517. The molecular formula is C29H36F3N7O2. The number of piperidine rings is 1. The Labute approximate surface area is 237 Å². The summed E-state index contributed by atoms with van der Waals surface area (Å²) >= 11 is 0. The molecule has 1 saturated heterocycles. The second-order valence-corrected chi connectivity index (χ2v) is 10.9. The van der Waals surface area contributed by atoms with E-state index in [9.17, 15) is 18.0 Å². The number of hydrogen-bond acceptors (Lipinski definition) is 7. The summed E-state index contributed by atoms with van der Waals surface area (Å²) in [6.07, 6.45) is 0.412. The SMILES string of the molecule is Cc1ccc(NC2CCC(OCC(=O)N3CCC(Nc4ccc(-c5nnn(C)n5)cc4)CC3)CC2)cc1C(F)(F)F. The zero-order valence-electron chi connectivity index (χ0n) is 23.3. The summed E-state index contributed by atoms with van der Waals surface area (Å²) in [4.78, 5) is 16.1. The number of benzene rings is 2. The molecule has 1 amide bonds. The number of rotatable bonds is 8. The van der Waals surface area contributed by atoms with Crippen molar-refractivity contribution in [3.8, 4) is 11.4 Å². The van der Waals surface area contributed by atoms with Crippen molar-refractivity contribution in [2.75, 3.05) is 30.3 Å². The Morgan fingerprint density at radius 3 is 2.22 bits per heavy atom. The Morgan fingerprint density at radius 1 is 0.951 bits per heavy atom. The number of ether oxygens (including phenoxy) is 1. The van der Waals surface area contributed by atoms with Gasteiger partial charge in [-0.2, -0.15) is 18.0 Å². The van der Waals surface area contributed by atoms with Crippen LogP contribution in [0.15, 0.2) is 42.5 Å². The van der Waals surface area contributed by atoms with Gasteiger partial charge in [-0.15, -0.1) is 10.2 Å². The molecule has 2 aliphatic rings. The van der Waals surface area contributed by atoms with E-state index >= 15 is 0 Å². The second kappa shape index (κ2) is 12.5. The molecule has 1 aromatic heterocycles. The van der Waals surface area contributed by atoms with Gasteiger partial charge in [-0.05, 0) is 92.6 Å². The topological polar surface area (TPSA) is 97.2 Å². The normalized spacial score (nSPS) is 20.2. The molecule has 0 radical (unpaired) electrons. The van der Waals surface area contributed by atoms with E-state index in [1.165, 1.54) is 23.9 Å². The zero-order chi connectivity index (χ0) is 29.0. The zero-order valence-corrected chi connectivity index (χ0v) is 23.3. The molecule has 220 valence electrons. The average molecular weight is 572 g/mol. The maximum atomic E-state index is 13.2. The van der Waals surface area contributed by atoms with Crippen LogP contribution in [0.4, 0.5) is 24.5 Å². The lowest BCUT2D eigenvalue weighted by molar-refractivity contribution is -0.140. The number of carbonyl (C=O) groups is 1. The molecule has 41 heavy (non-hydrogen) atoms. The number of tetrazole rings is 1. The first-order chi connectivity index (χ1) is 19.6. The highest BCUT2D eigenvalue weighted by Gasteiger charge is 2.33. The molecule has 1 aliphatic carbocycles. The fourth-order valence-corrected chi connectivity index (χ4v) is 5.53. The predicted octanol–water partition coefficient (Wildman–Crippen LogP) is 5.05. The number of anilines is 2. The van der Waals surface area contributed by atoms with Gasteiger partial charge in [0.25, 0.3) is 0 Å². The number of amides is 1. The van der Waals surface area contributed by atoms with E-state index < -0.39 is 11.7 Å². The number of alkyl halides is 3. The fourth-order valence-electron chi connectivity index (χ4n) is 5.53. The molecule has 5 rings (SSSR count). The van der Waals surface area contributed by atoms with Crippen molar-refractivity contribution in [3.05, 3.63) is 53.6 Å². The Bertz CT molecular complexity index is 1310. The van der Waals surface area contributed by atoms with Crippen molar-refractivity contribution in [1.29, 1.82) is 0 Å². The third kappa shape index (κ3) is 7.55. The molecule has 0 unspecified atom stereocenters. The number of likely N-dealkylation sites (tertiary alicyclic amines) is 1. The molecule has 3 aromatic rings. The van der Waals surface area contributed by atoms with Crippen LogP contribution in [0.1, 0.15) is 49.7 Å². The number of aryl methyl sites for hydroxylation is 2. The van der Waals surface area contributed by atoms with Crippen LogP contribution in [0, 0.1) is 6.92 Å². The van der Waals surface area contributed by atoms with Crippen LogP contribution in [-0.2, 0) is 22.8 Å². The smallest absolute Gasteiger partial charge is 0.382 e. The number of hydrogen-bond donors (Lipinski definition) is 2. The third-order valence-corrected chi connectivity index (χ3v) is 7.90. The minimum absolute atomic E-state index is 0.00357. The largest absolute Gasteiger partial charge is 0.416 e. The van der Waals surface area contributed by atoms with E-state index in [0.29, 0.717) is 24.6 Å². The van der Waals surface area contributed by atoms with Crippen molar-refractivity contribution in [2.45, 2.75) is 69.8 Å². The summed E-state index contributed by atoms with van der Waals surface area (Å²) < 4.78 is 45.6. The maximum absolute atomic E-state index is 13.2. The van der Waals surface area contributed by atoms with Crippen LogP contribution in [0.3, 0.4) is 0 Å². The molecule has 2 heterocycles. The van der Waals surface area contributed by atoms with Gasteiger partial charge < -0.3 is 20.3 Å². The van der Waals surface area contributed by atoms with Gasteiger partial charge in [0.15, 0.2) is 0 Å². The van der Waals surface area contributed by atoms with Gasteiger partial charge in [-0.3, -0.25) is 4.79 Å². The standard InChI is InChI=1S/C29H36F3N7O2/c1-19-3-6-24(17-26(19)29(30,31)32)34-22-9-11-25(12-10-22)41-18-27(40)39-15-13-23(14-16-39)33-21-7-4-20(5-8-21)28-35-37-38(2)36-28/h3-8,17,22-23,25,33-34H,9-16,18H2,1-2H3. The van der Waals surface area contributed by atoms with Gasteiger partial charge in [0.1, 0.15) is 6.61 Å². The molecule has 12 heteroatoms. The summed E-state index contributed by atoms with van der Waals surface area (Å²) in [7, 11) is 1.73. The van der Waals surface area contributed by atoms with E-state index in [1.807, 2.05) is 29.2 Å². The lowest BCUT2D eigenvalue weighted by Gasteiger charge is -2.34. The number of nitrogens with zero attached hydrogens (tertiary/aromatic N) is 5. The van der Waals surface area contributed by atoms with Crippen LogP contribution in [0.5, 0.6) is 0 Å². The Kier molecular flexibility index (Phi) is 8.77. The van der Waals surface area contributed by atoms with E-state index in [-0.39, 0.29) is 36.3 Å². The summed E-state index contributed by atoms with van der Waals surface area (Å²) in [5, 5.41) is 18.9. The van der Waals surface area contributed by atoms with Gasteiger partial charge in [0, 0.05) is 42.1 Å². The molecule has 0 spiro atoms. The average Bonchev–Trinajstić information content (AvgIpc) is 3.40. The summed E-state index contributed by atoms with van der Waals surface area (Å²) in [6.45, 7) is 2.88. The van der Waals surface area contributed by atoms with Gasteiger partial charge in [-0.1, -0.05) is 6.07 Å². The van der Waals surface area contributed by atoms with Gasteiger partial charge >= 0.3 is 6.18 Å². The van der Waals surface area contributed by atoms with E-state index in [1.54, 1.807) is 13.1 Å². The lowest BCUT2D eigenvalue weighted by atomic mass is 9.92. The summed E-state index contributed by atoms with van der Waals surface area (Å²) in [5.41, 5.74) is 2.01. The van der Waals surface area contributed by atoms with E-state index in [4.69, 9.17) is 4.74 Å². The van der Waals surface area contributed by atoms with Crippen molar-refractivity contribution >= 4 is 17.3 Å². The number of halogens is 3. The molecule has 1 aliphatic heterocycles. The maximum Gasteiger partial charge on any atom is 0.416 e. The van der Waals surface area contributed by atoms with Crippen LogP contribution in [0.2, 0.25) is 0 Å². The van der Waals surface area contributed by atoms with Crippen molar-refractivity contribution in [1.82, 2.24) is 25.1 Å². The molecule has 0 bridgehead atoms. The van der Waals surface area contributed by atoms with Crippen LogP contribution < -0.4 is 10.6 Å². The first kappa shape index (κ1) is 28.8. The van der Waals surface area contributed by atoms with E-state index in [2.05, 4.69) is 26.0 Å². The number of aromatic nitrogens is 4. The van der Waals surface area contributed by atoms with Gasteiger partial charge in [0.2, 0.25) is 11.7 Å². The van der Waals surface area contributed by atoms with Crippen molar-refractivity contribution in [2.24, 2.45) is 7.05 Å². The minimum atomic E-state index is -4.37. The highest BCUT2D eigenvalue weighted by atomic mass is 19.4. The third-order valence-electron chi connectivity index (χ3n) is 7.90. The predicted molar refractivity (Wildman–Crippen MR) is 149 cm³/mol. The Balaban J connectivity index is 0.999. The van der Waals surface area contributed by atoms with E-state index in [0.717, 1.165) is 49.8 Å². The summed E-state index contributed by atoms with van der Waals surface area (Å²) in [5.74, 6) is 0.590. The summed E-state index contributed by atoms with van der Waals surface area (Å²) in [6, 6.07) is 12.7.